The van der Waals surface area contributed by atoms with Gasteiger partial charge in [-0.1, -0.05) is 52.5 Å². The average molecular weight is 420 g/mol. The van der Waals surface area contributed by atoms with Crippen LogP contribution in [0.1, 0.15) is 18.4 Å². The zero-order chi connectivity index (χ0) is 18.2. The van der Waals surface area contributed by atoms with Gasteiger partial charge in [-0.3, -0.25) is 4.79 Å². The van der Waals surface area contributed by atoms with Crippen LogP contribution >= 0.6 is 46.4 Å². The van der Waals surface area contributed by atoms with E-state index in [2.05, 4.69) is 10.5 Å². The second-order valence-corrected chi connectivity index (χ2v) is 6.65. The molecule has 2 aromatic carbocycles. The van der Waals surface area contributed by atoms with Gasteiger partial charge in [0, 0.05) is 11.4 Å². The van der Waals surface area contributed by atoms with Crippen molar-refractivity contribution in [1.82, 2.24) is 5.43 Å². The van der Waals surface area contributed by atoms with E-state index in [1.165, 1.54) is 6.21 Å². The Morgan fingerprint density at radius 1 is 1.04 bits per heavy atom. The number of nitrogens with one attached hydrogen (secondary N) is 1. The molecule has 0 aromatic heterocycles. The van der Waals surface area contributed by atoms with Crippen molar-refractivity contribution in [3.05, 3.63) is 62.1 Å². The van der Waals surface area contributed by atoms with Crippen LogP contribution in [-0.4, -0.2) is 18.7 Å². The molecule has 0 aliphatic carbocycles. The van der Waals surface area contributed by atoms with Gasteiger partial charge >= 0.3 is 0 Å². The third-order valence-corrected chi connectivity index (χ3v) is 4.32. The predicted molar refractivity (Wildman–Crippen MR) is 103 cm³/mol. The summed E-state index contributed by atoms with van der Waals surface area (Å²) in [6, 6.07) is 10.0. The minimum atomic E-state index is -0.220. The number of hydrogen-bond donors (Lipinski definition) is 1. The number of rotatable bonds is 7. The molecule has 8 heteroatoms. The highest BCUT2D eigenvalue weighted by Gasteiger charge is 2.04. The first kappa shape index (κ1) is 19.9. The maximum atomic E-state index is 11.7. The van der Waals surface area contributed by atoms with E-state index >= 15 is 0 Å². The Labute approximate surface area is 165 Å². The summed E-state index contributed by atoms with van der Waals surface area (Å²) < 4.78 is 5.50. The molecule has 0 bridgehead atoms. The van der Waals surface area contributed by atoms with Crippen LogP contribution in [0, 0.1) is 0 Å². The maximum absolute atomic E-state index is 11.7. The number of amides is 1. The highest BCUT2D eigenvalue weighted by atomic mass is 35.5. The zero-order valence-electron chi connectivity index (χ0n) is 12.9. The number of hydrogen-bond acceptors (Lipinski definition) is 3. The third-order valence-electron chi connectivity index (χ3n) is 3.05. The van der Waals surface area contributed by atoms with Crippen LogP contribution in [0.25, 0.3) is 0 Å². The number of nitrogens with zero attached hydrogens (tertiary/aromatic N) is 1. The molecule has 132 valence electrons. The molecule has 1 N–H and O–H groups in total. The van der Waals surface area contributed by atoms with Gasteiger partial charge in [-0.15, -0.1) is 0 Å². The molecule has 0 heterocycles. The monoisotopic (exact) mass is 418 g/mol. The van der Waals surface area contributed by atoms with Crippen molar-refractivity contribution in [3.8, 4) is 5.75 Å². The number of halogens is 4. The second-order valence-electron chi connectivity index (χ2n) is 4.99. The lowest BCUT2D eigenvalue weighted by Crippen LogP contribution is -2.18. The van der Waals surface area contributed by atoms with Crippen LogP contribution in [0.3, 0.4) is 0 Å². The summed E-state index contributed by atoms with van der Waals surface area (Å²) in [4.78, 5) is 11.7. The van der Waals surface area contributed by atoms with Gasteiger partial charge in [-0.25, -0.2) is 5.43 Å². The van der Waals surface area contributed by atoms with Gasteiger partial charge in [0.2, 0.25) is 5.91 Å². The Bertz CT molecular complexity index is 781. The number of hydrazone groups is 1. The lowest BCUT2D eigenvalue weighted by Gasteiger charge is -2.07. The Morgan fingerprint density at radius 3 is 2.56 bits per heavy atom. The van der Waals surface area contributed by atoms with Crippen molar-refractivity contribution in [2.24, 2.45) is 5.10 Å². The van der Waals surface area contributed by atoms with Crippen LogP contribution in [0.5, 0.6) is 5.75 Å². The largest absolute Gasteiger partial charge is 0.492 e. The Hall–Kier alpha value is -1.46. The summed E-state index contributed by atoms with van der Waals surface area (Å²) in [7, 11) is 0. The van der Waals surface area contributed by atoms with Gasteiger partial charge < -0.3 is 4.74 Å². The molecule has 0 fully saturated rings. The minimum absolute atomic E-state index is 0.220. The van der Waals surface area contributed by atoms with Gasteiger partial charge in [-0.2, -0.15) is 5.10 Å². The SMILES string of the molecule is O=C(CCCOc1ccc(Cl)cc1Cl)N/N=C/c1ccc(Cl)c(Cl)c1. The first-order valence-corrected chi connectivity index (χ1v) is 8.81. The van der Waals surface area contributed by atoms with E-state index in [4.69, 9.17) is 51.1 Å². The number of carbonyl (C=O) groups is 1. The van der Waals surface area contributed by atoms with E-state index in [0.717, 1.165) is 5.56 Å². The molecule has 25 heavy (non-hydrogen) atoms. The van der Waals surface area contributed by atoms with E-state index in [9.17, 15) is 4.79 Å². The van der Waals surface area contributed by atoms with E-state index in [-0.39, 0.29) is 12.3 Å². The standard InChI is InChI=1S/C17H14Cl4N2O2/c18-12-4-6-16(15(21)9-12)25-7-1-2-17(24)23-22-10-11-3-5-13(19)14(20)8-11/h3-6,8-10H,1-2,7H2,(H,23,24)/b22-10+. The summed E-state index contributed by atoms with van der Waals surface area (Å²) >= 11 is 23.5. The fourth-order valence-corrected chi connectivity index (χ4v) is 2.60. The molecule has 0 aliphatic heterocycles. The van der Waals surface area contributed by atoms with E-state index < -0.39 is 0 Å². The van der Waals surface area contributed by atoms with Crippen molar-refractivity contribution < 1.29 is 9.53 Å². The van der Waals surface area contributed by atoms with Gasteiger partial charge in [0.05, 0.1) is 27.9 Å². The molecule has 0 radical (unpaired) electrons. The second kappa shape index (κ2) is 9.88. The lowest BCUT2D eigenvalue weighted by atomic mass is 10.2. The molecule has 1 amide bonds. The fourth-order valence-electron chi connectivity index (χ4n) is 1.83. The van der Waals surface area contributed by atoms with Crippen molar-refractivity contribution in [2.75, 3.05) is 6.61 Å². The zero-order valence-corrected chi connectivity index (χ0v) is 16.0. The Morgan fingerprint density at radius 2 is 1.84 bits per heavy atom. The Balaban J connectivity index is 1.70. The van der Waals surface area contributed by atoms with Crippen molar-refractivity contribution in [2.45, 2.75) is 12.8 Å². The molecular weight excluding hydrogens is 406 g/mol. The summed E-state index contributed by atoms with van der Waals surface area (Å²) in [5.74, 6) is 0.311. The topological polar surface area (TPSA) is 50.7 Å². The molecule has 0 atom stereocenters. The van der Waals surface area contributed by atoms with E-state index in [1.54, 1.807) is 36.4 Å². The number of ether oxygens (including phenoxy) is 1. The summed E-state index contributed by atoms with van der Waals surface area (Å²) in [6.45, 7) is 0.352. The van der Waals surface area contributed by atoms with E-state index in [0.29, 0.717) is 38.9 Å². The first-order valence-electron chi connectivity index (χ1n) is 7.30. The van der Waals surface area contributed by atoms with Gasteiger partial charge in [0.15, 0.2) is 0 Å². The van der Waals surface area contributed by atoms with Crippen molar-refractivity contribution >= 4 is 58.5 Å². The fraction of sp³-hybridized carbons (Fsp3) is 0.176. The number of benzene rings is 2. The normalized spacial score (nSPS) is 10.9. The highest BCUT2D eigenvalue weighted by molar-refractivity contribution is 6.42. The average Bonchev–Trinajstić information content (AvgIpc) is 2.56. The molecule has 0 saturated heterocycles. The predicted octanol–water partition coefficient (Wildman–Crippen LogP) is 5.61. The molecule has 0 aliphatic rings. The minimum Gasteiger partial charge on any atom is -0.492 e. The molecule has 0 saturated carbocycles. The Kier molecular flexibility index (Phi) is 7.85. The summed E-state index contributed by atoms with van der Waals surface area (Å²) in [5.41, 5.74) is 3.17. The van der Waals surface area contributed by atoms with Gasteiger partial charge in [0.25, 0.3) is 0 Å². The summed E-state index contributed by atoms with van der Waals surface area (Å²) in [6.07, 6.45) is 2.28. The van der Waals surface area contributed by atoms with E-state index in [1.807, 2.05) is 0 Å². The highest BCUT2D eigenvalue weighted by Crippen LogP contribution is 2.27. The van der Waals surface area contributed by atoms with Crippen LogP contribution < -0.4 is 10.2 Å². The third kappa shape index (κ3) is 6.75. The molecular formula is C17H14Cl4N2O2. The quantitative estimate of drug-likeness (QED) is 0.360. The summed E-state index contributed by atoms with van der Waals surface area (Å²) in [5, 5.41) is 5.73. The van der Waals surface area contributed by atoms with Crippen LogP contribution in [-0.2, 0) is 4.79 Å². The van der Waals surface area contributed by atoms with Crippen LogP contribution in [0.2, 0.25) is 20.1 Å². The maximum Gasteiger partial charge on any atom is 0.240 e. The molecule has 4 nitrogen and oxygen atoms in total. The smallest absolute Gasteiger partial charge is 0.240 e. The molecule has 0 spiro atoms. The van der Waals surface area contributed by atoms with Crippen LogP contribution in [0.15, 0.2) is 41.5 Å². The molecule has 2 aromatic rings. The first-order chi connectivity index (χ1) is 12.0. The molecule has 2 rings (SSSR count). The molecule has 0 unspecified atom stereocenters. The van der Waals surface area contributed by atoms with Crippen molar-refractivity contribution in [1.29, 1.82) is 0 Å². The lowest BCUT2D eigenvalue weighted by molar-refractivity contribution is -0.121. The van der Waals surface area contributed by atoms with Crippen LogP contribution in [0.4, 0.5) is 0 Å². The van der Waals surface area contributed by atoms with Crippen molar-refractivity contribution in [3.63, 3.8) is 0 Å². The number of carbonyl (C=O) groups excluding carboxylic acids is 1. The van der Waals surface area contributed by atoms with Gasteiger partial charge in [-0.05, 0) is 42.3 Å². The van der Waals surface area contributed by atoms with Gasteiger partial charge in [0.1, 0.15) is 5.75 Å².